The number of halogens is 1. The molecule has 0 aromatic heterocycles. The van der Waals surface area contributed by atoms with Crippen LogP contribution in [0.5, 0.6) is 0 Å². The van der Waals surface area contributed by atoms with Gasteiger partial charge in [0.1, 0.15) is 0 Å². The van der Waals surface area contributed by atoms with E-state index in [1.807, 2.05) is 0 Å². The van der Waals surface area contributed by atoms with Gasteiger partial charge in [0, 0.05) is 16.7 Å². The van der Waals surface area contributed by atoms with Gasteiger partial charge in [-0.15, -0.1) is 0 Å². The number of hydrogen-bond acceptors (Lipinski definition) is 2. The zero-order valence-electron chi connectivity index (χ0n) is 11.0. The van der Waals surface area contributed by atoms with E-state index in [0.29, 0.717) is 6.54 Å². The first-order valence-corrected chi connectivity index (χ1v) is 7.83. The Balaban J connectivity index is 1.76. The first kappa shape index (κ1) is 14.3. The van der Waals surface area contributed by atoms with Gasteiger partial charge in [0.25, 0.3) is 0 Å². The van der Waals surface area contributed by atoms with Gasteiger partial charge in [0.15, 0.2) is 0 Å². The summed E-state index contributed by atoms with van der Waals surface area (Å²) < 4.78 is 1.26. The van der Waals surface area contributed by atoms with Crippen LogP contribution in [0.4, 0.5) is 0 Å². The molecule has 3 heteroatoms. The van der Waals surface area contributed by atoms with Gasteiger partial charge in [-0.25, -0.2) is 0 Å². The Hall–Kier alpha value is -0.130. The second kappa shape index (κ2) is 6.35. The van der Waals surface area contributed by atoms with Crippen LogP contribution in [0.2, 0.25) is 0 Å². The lowest BCUT2D eigenvalue weighted by atomic mass is 9.79. The summed E-state index contributed by atoms with van der Waals surface area (Å²) in [7, 11) is 0. The van der Waals surface area contributed by atoms with Crippen molar-refractivity contribution in [2.75, 3.05) is 6.54 Å². The van der Waals surface area contributed by atoms with Gasteiger partial charge in [0.05, 0.1) is 5.60 Å². The number of rotatable bonds is 4. The van der Waals surface area contributed by atoms with Crippen LogP contribution in [0, 0.1) is 9.49 Å². The van der Waals surface area contributed by atoms with E-state index < -0.39 is 5.60 Å². The third-order valence-corrected chi connectivity index (χ3v) is 4.62. The van der Waals surface area contributed by atoms with E-state index in [0.717, 1.165) is 38.1 Å². The van der Waals surface area contributed by atoms with E-state index in [1.54, 1.807) is 0 Å². The van der Waals surface area contributed by atoms with Gasteiger partial charge in [-0.1, -0.05) is 19.1 Å². The van der Waals surface area contributed by atoms with Gasteiger partial charge in [-0.2, -0.15) is 0 Å². The fraction of sp³-hybridized carbons (Fsp3) is 0.600. The van der Waals surface area contributed by atoms with E-state index in [9.17, 15) is 5.11 Å². The van der Waals surface area contributed by atoms with Crippen molar-refractivity contribution in [3.63, 3.8) is 0 Å². The van der Waals surface area contributed by atoms with E-state index in [1.165, 1.54) is 9.13 Å². The lowest BCUT2D eigenvalue weighted by molar-refractivity contribution is -0.00630. The predicted octanol–water partition coefficient (Wildman–Crippen LogP) is 3.32. The van der Waals surface area contributed by atoms with Gasteiger partial charge >= 0.3 is 0 Å². The summed E-state index contributed by atoms with van der Waals surface area (Å²) >= 11 is 2.31. The van der Waals surface area contributed by atoms with Gasteiger partial charge in [0.2, 0.25) is 0 Å². The number of aliphatic hydroxyl groups is 1. The fourth-order valence-corrected chi connectivity index (χ4v) is 2.88. The average molecular weight is 359 g/mol. The van der Waals surface area contributed by atoms with Crippen molar-refractivity contribution in [3.8, 4) is 0 Å². The molecule has 1 fully saturated rings. The van der Waals surface area contributed by atoms with Crippen molar-refractivity contribution >= 4 is 22.6 Å². The van der Waals surface area contributed by atoms with Crippen molar-refractivity contribution in [3.05, 3.63) is 33.4 Å². The van der Waals surface area contributed by atoms with E-state index in [2.05, 4.69) is 59.1 Å². The van der Waals surface area contributed by atoms with Crippen LogP contribution in [-0.4, -0.2) is 17.3 Å². The van der Waals surface area contributed by atoms with Crippen LogP contribution in [0.3, 0.4) is 0 Å². The Bertz CT molecular complexity index is 369. The zero-order chi connectivity index (χ0) is 13.0. The number of benzene rings is 1. The highest BCUT2D eigenvalue weighted by Gasteiger charge is 2.31. The minimum Gasteiger partial charge on any atom is -0.389 e. The van der Waals surface area contributed by atoms with Gasteiger partial charge in [-0.3, -0.25) is 0 Å². The van der Waals surface area contributed by atoms with Crippen LogP contribution in [0.1, 0.15) is 38.2 Å². The minimum atomic E-state index is -0.476. The van der Waals surface area contributed by atoms with Gasteiger partial charge in [-0.05, 0) is 71.9 Å². The summed E-state index contributed by atoms with van der Waals surface area (Å²) in [6.07, 6.45) is 4.19. The Morgan fingerprint density at radius 3 is 2.50 bits per heavy atom. The second-order valence-corrected chi connectivity index (χ2v) is 6.88. The van der Waals surface area contributed by atoms with Crippen molar-refractivity contribution in [2.45, 2.75) is 44.8 Å². The van der Waals surface area contributed by atoms with Gasteiger partial charge < -0.3 is 10.4 Å². The normalized spacial score (nSPS) is 28.3. The first-order chi connectivity index (χ1) is 8.57. The first-order valence-electron chi connectivity index (χ1n) is 6.75. The standard InChI is InChI=1S/C15H22INO/c1-12-6-8-15(18,9-7-12)11-17-10-13-2-4-14(16)5-3-13/h2-5,12,17-18H,6-11H2,1H3. The van der Waals surface area contributed by atoms with Crippen molar-refractivity contribution < 1.29 is 5.11 Å². The highest BCUT2D eigenvalue weighted by Crippen LogP contribution is 2.31. The molecule has 0 unspecified atom stereocenters. The molecule has 100 valence electrons. The Morgan fingerprint density at radius 1 is 1.28 bits per heavy atom. The molecule has 1 aromatic carbocycles. The summed E-state index contributed by atoms with van der Waals surface area (Å²) in [5, 5.41) is 13.8. The molecule has 1 aliphatic carbocycles. The van der Waals surface area contributed by atoms with Crippen LogP contribution < -0.4 is 5.32 Å². The molecule has 1 saturated carbocycles. The molecule has 0 amide bonds. The molecule has 18 heavy (non-hydrogen) atoms. The molecule has 1 aliphatic rings. The summed E-state index contributed by atoms with van der Waals surface area (Å²) in [6, 6.07) is 8.52. The second-order valence-electron chi connectivity index (χ2n) is 5.64. The predicted molar refractivity (Wildman–Crippen MR) is 83.4 cm³/mol. The Morgan fingerprint density at radius 2 is 1.89 bits per heavy atom. The summed E-state index contributed by atoms with van der Waals surface area (Å²) in [4.78, 5) is 0. The molecule has 2 N–H and O–H groups in total. The highest BCUT2D eigenvalue weighted by atomic mass is 127. The monoisotopic (exact) mass is 359 g/mol. The molecule has 0 spiro atoms. The average Bonchev–Trinajstić information content (AvgIpc) is 2.36. The summed E-state index contributed by atoms with van der Waals surface area (Å²) in [6.45, 7) is 3.83. The number of hydrogen-bond donors (Lipinski definition) is 2. The maximum atomic E-state index is 10.4. The fourth-order valence-electron chi connectivity index (χ4n) is 2.52. The van der Waals surface area contributed by atoms with Crippen molar-refractivity contribution in [1.29, 1.82) is 0 Å². The topological polar surface area (TPSA) is 32.3 Å². The number of nitrogens with one attached hydrogen (secondary N) is 1. The highest BCUT2D eigenvalue weighted by molar-refractivity contribution is 14.1. The molecule has 0 saturated heterocycles. The van der Waals surface area contributed by atoms with E-state index in [4.69, 9.17) is 0 Å². The SMILES string of the molecule is CC1CCC(O)(CNCc2ccc(I)cc2)CC1. The maximum absolute atomic E-state index is 10.4. The Kier molecular flexibility index (Phi) is 5.04. The van der Waals surface area contributed by atoms with Crippen molar-refractivity contribution in [2.24, 2.45) is 5.92 Å². The lowest BCUT2D eigenvalue weighted by Gasteiger charge is -2.35. The molecular formula is C15H22INO. The van der Waals surface area contributed by atoms with E-state index in [-0.39, 0.29) is 0 Å². The molecule has 0 heterocycles. The molecule has 0 bridgehead atoms. The lowest BCUT2D eigenvalue weighted by Crippen LogP contribution is -2.43. The smallest absolute Gasteiger partial charge is 0.0771 e. The van der Waals surface area contributed by atoms with E-state index >= 15 is 0 Å². The maximum Gasteiger partial charge on any atom is 0.0771 e. The Labute approximate surface area is 123 Å². The quantitative estimate of drug-likeness (QED) is 0.809. The third-order valence-electron chi connectivity index (χ3n) is 3.90. The van der Waals surface area contributed by atoms with Crippen LogP contribution >= 0.6 is 22.6 Å². The van der Waals surface area contributed by atoms with Crippen molar-refractivity contribution in [1.82, 2.24) is 5.32 Å². The summed E-state index contributed by atoms with van der Waals surface area (Å²) in [5.74, 6) is 0.779. The molecule has 0 atom stereocenters. The molecule has 0 aliphatic heterocycles. The molecule has 1 aromatic rings. The van der Waals surface area contributed by atoms with Crippen LogP contribution in [-0.2, 0) is 6.54 Å². The minimum absolute atomic E-state index is 0.476. The molecule has 2 nitrogen and oxygen atoms in total. The third kappa shape index (κ3) is 4.21. The summed E-state index contributed by atoms with van der Waals surface area (Å²) in [5.41, 5.74) is 0.804. The zero-order valence-corrected chi connectivity index (χ0v) is 13.1. The van der Waals surface area contributed by atoms with Crippen LogP contribution in [0.25, 0.3) is 0 Å². The largest absolute Gasteiger partial charge is 0.389 e. The molecule has 2 rings (SSSR count). The molecule has 0 radical (unpaired) electrons. The molecular weight excluding hydrogens is 337 g/mol. The van der Waals surface area contributed by atoms with Crippen LogP contribution in [0.15, 0.2) is 24.3 Å².